The second-order valence-electron chi connectivity index (χ2n) is 4.04. The average Bonchev–Trinajstić information content (AvgIpc) is 2.81. The molecule has 0 aliphatic rings. The van der Waals surface area contributed by atoms with Crippen molar-refractivity contribution < 1.29 is 4.79 Å². The van der Waals surface area contributed by atoms with Crippen LogP contribution in [-0.2, 0) is 0 Å². The minimum absolute atomic E-state index is 0.0622. The van der Waals surface area contributed by atoms with Gasteiger partial charge in [0.1, 0.15) is 5.15 Å². The van der Waals surface area contributed by atoms with Crippen LogP contribution in [0.5, 0.6) is 0 Å². The Hall–Kier alpha value is -1.19. The third-order valence-corrected chi connectivity index (χ3v) is 3.61. The number of carbonyl (C=O) groups is 1. The van der Waals surface area contributed by atoms with E-state index in [-0.39, 0.29) is 10.9 Å². The molecule has 2 nitrogen and oxygen atoms in total. The van der Waals surface area contributed by atoms with Crippen LogP contribution in [0.3, 0.4) is 0 Å². The first-order valence-corrected chi connectivity index (χ1v) is 6.60. The Bertz CT molecular complexity index is 534. The van der Waals surface area contributed by atoms with Crippen LogP contribution in [0.15, 0.2) is 29.6 Å². The van der Waals surface area contributed by atoms with Gasteiger partial charge in [-0.05, 0) is 29.5 Å². The molecule has 0 aliphatic carbocycles. The smallest absolute Gasteiger partial charge is 0.206 e. The number of ketones is 1. The summed E-state index contributed by atoms with van der Waals surface area (Å²) < 4.78 is 0. The highest BCUT2D eigenvalue weighted by Crippen LogP contribution is 2.23. The lowest BCUT2D eigenvalue weighted by molar-refractivity contribution is 0.104. The Kier molecular flexibility index (Phi) is 3.60. The number of nitrogens with zero attached hydrogens (tertiary/aromatic N) is 1. The van der Waals surface area contributed by atoms with Crippen LogP contribution >= 0.6 is 22.9 Å². The molecule has 0 saturated heterocycles. The maximum absolute atomic E-state index is 12.1. The quantitative estimate of drug-likeness (QED) is 0.616. The molecule has 0 bridgehead atoms. The molecule has 0 amide bonds. The normalized spacial score (nSPS) is 10.8. The number of hydrogen-bond donors (Lipinski definition) is 0. The summed E-state index contributed by atoms with van der Waals surface area (Å²) in [6.07, 6.45) is 0. The van der Waals surface area contributed by atoms with Gasteiger partial charge in [-0.1, -0.05) is 31.5 Å². The van der Waals surface area contributed by atoms with E-state index in [2.05, 4.69) is 4.98 Å². The monoisotopic (exact) mass is 265 g/mol. The SMILES string of the molecule is CC(C)c1ccc(C(=O)c2cccs2)c(Cl)n1. The largest absolute Gasteiger partial charge is 0.288 e. The van der Waals surface area contributed by atoms with Gasteiger partial charge in [0.05, 0.1) is 10.4 Å². The third-order valence-electron chi connectivity index (χ3n) is 2.45. The summed E-state index contributed by atoms with van der Waals surface area (Å²) in [4.78, 5) is 17.0. The minimum atomic E-state index is -0.0622. The molecule has 2 rings (SSSR count). The summed E-state index contributed by atoms with van der Waals surface area (Å²) >= 11 is 7.47. The van der Waals surface area contributed by atoms with Crippen LogP contribution in [0.2, 0.25) is 5.15 Å². The van der Waals surface area contributed by atoms with Crippen LogP contribution in [-0.4, -0.2) is 10.8 Å². The summed E-state index contributed by atoms with van der Waals surface area (Å²) in [6, 6.07) is 7.26. The highest BCUT2D eigenvalue weighted by atomic mass is 35.5. The Morgan fingerprint density at radius 1 is 1.35 bits per heavy atom. The van der Waals surface area contributed by atoms with E-state index in [1.165, 1.54) is 11.3 Å². The number of halogens is 1. The first kappa shape index (κ1) is 12.3. The minimum Gasteiger partial charge on any atom is -0.288 e. The molecule has 0 radical (unpaired) electrons. The number of hydrogen-bond acceptors (Lipinski definition) is 3. The fourth-order valence-electron chi connectivity index (χ4n) is 1.48. The first-order valence-electron chi connectivity index (χ1n) is 5.34. The summed E-state index contributed by atoms with van der Waals surface area (Å²) in [5.74, 6) is 0.242. The maximum atomic E-state index is 12.1. The van der Waals surface area contributed by atoms with Crippen molar-refractivity contribution in [3.63, 3.8) is 0 Å². The van der Waals surface area contributed by atoms with E-state index < -0.39 is 0 Å². The van der Waals surface area contributed by atoms with Gasteiger partial charge in [-0.3, -0.25) is 4.79 Å². The fraction of sp³-hybridized carbons (Fsp3) is 0.231. The zero-order chi connectivity index (χ0) is 12.4. The second-order valence-corrected chi connectivity index (χ2v) is 5.34. The van der Waals surface area contributed by atoms with E-state index in [1.807, 2.05) is 31.4 Å². The maximum Gasteiger partial charge on any atom is 0.206 e. The van der Waals surface area contributed by atoms with Crippen molar-refractivity contribution in [1.82, 2.24) is 4.98 Å². The van der Waals surface area contributed by atoms with Crippen molar-refractivity contribution in [1.29, 1.82) is 0 Å². The van der Waals surface area contributed by atoms with Crippen LogP contribution in [0.1, 0.15) is 40.7 Å². The number of thiophene rings is 1. The molecule has 4 heteroatoms. The molecule has 0 aliphatic heterocycles. The van der Waals surface area contributed by atoms with Gasteiger partial charge in [0.15, 0.2) is 0 Å². The lowest BCUT2D eigenvalue weighted by Gasteiger charge is -2.07. The van der Waals surface area contributed by atoms with Gasteiger partial charge in [-0.2, -0.15) is 0 Å². The molecule has 2 heterocycles. The number of pyridine rings is 1. The molecule has 0 spiro atoms. The predicted octanol–water partition coefficient (Wildman–Crippen LogP) is 4.15. The molecule has 0 saturated carbocycles. The zero-order valence-electron chi connectivity index (χ0n) is 9.61. The van der Waals surface area contributed by atoms with Gasteiger partial charge in [0, 0.05) is 5.69 Å². The summed E-state index contributed by atoms with van der Waals surface area (Å²) in [7, 11) is 0. The van der Waals surface area contributed by atoms with Crippen molar-refractivity contribution in [2.45, 2.75) is 19.8 Å². The summed E-state index contributed by atoms with van der Waals surface area (Å²) in [5.41, 5.74) is 1.37. The highest BCUT2D eigenvalue weighted by molar-refractivity contribution is 7.12. The molecule has 17 heavy (non-hydrogen) atoms. The molecule has 0 aromatic carbocycles. The van der Waals surface area contributed by atoms with Gasteiger partial charge < -0.3 is 0 Å². The van der Waals surface area contributed by atoms with Gasteiger partial charge in [0.2, 0.25) is 5.78 Å². The number of aromatic nitrogens is 1. The van der Waals surface area contributed by atoms with E-state index in [4.69, 9.17) is 11.6 Å². The molecular formula is C13H12ClNOS. The van der Waals surface area contributed by atoms with Crippen molar-refractivity contribution in [2.24, 2.45) is 0 Å². The number of rotatable bonds is 3. The van der Waals surface area contributed by atoms with Crippen LogP contribution in [0.25, 0.3) is 0 Å². The van der Waals surface area contributed by atoms with Gasteiger partial charge in [-0.15, -0.1) is 11.3 Å². The van der Waals surface area contributed by atoms with Crippen LogP contribution in [0, 0.1) is 0 Å². The predicted molar refractivity (Wildman–Crippen MR) is 71.1 cm³/mol. The van der Waals surface area contributed by atoms with Gasteiger partial charge in [-0.25, -0.2) is 4.98 Å². The second kappa shape index (κ2) is 4.98. The van der Waals surface area contributed by atoms with E-state index >= 15 is 0 Å². The van der Waals surface area contributed by atoms with Gasteiger partial charge in [0.25, 0.3) is 0 Å². The van der Waals surface area contributed by atoms with E-state index in [9.17, 15) is 4.79 Å². The van der Waals surface area contributed by atoms with Crippen molar-refractivity contribution >= 4 is 28.7 Å². The van der Waals surface area contributed by atoms with Gasteiger partial charge >= 0.3 is 0 Å². The fourth-order valence-corrected chi connectivity index (χ4v) is 2.40. The standard InChI is InChI=1S/C13H12ClNOS/c1-8(2)10-6-5-9(13(14)15-10)12(16)11-4-3-7-17-11/h3-8H,1-2H3. The molecule has 0 N–H and O–H groups in total. The van der Waals surface area contributed by atoms with E-state index in [0.29, 0.717) is 16.4 Å². The van der Waals surface area contributed by atoms with Crippen molar-refractivity contribution in [2.75, 3.05) is 0 Å². The van der Waals surface area contributed by atoms with Crippen LogP contribution in [0.4, 0.5) is 0 Å². The summed E-state index contributed by atoms with van der Waals surface area (Å²) in [5, 5.41) is 2.16. The molecule has 88 valence electrons. The van der Waals surface area contributed by atoms with E-state index in [1.54, 1.807) is 12.1 Å². The summed E-state index contributed by atoms with van der Waals surface area (Å²) in [6.45, 7) is 4.08. The third kappa shape index (κ3) is 2.56. The molecule has 0 unspecified atom stereocenters. The van der Waals surface area contributed by atoms with Crippen molar-refractivity contribution in [3.8, 4) is 0 Å². The lowest BCUT2D eigenvalue weighted by atomic mass is 10.1. The van der Waals surface area contributed by atoms with Crippen LogP contribution < -0.4 is 0 Å². The Morgan fingerprint density at radius 3 is 2.65 bits per heavy atom. The lowest BCUT2D eigenvalue weighted by Crippen LogP contribution is -2.03. The molecule has 2 aromatic rings. The zero-order valence-corrected chi connectivity index (χ0v) is 11.2. The molecule has 0 atom stereocenters. The first-order chi connectivity index (χ1) is 8.09. The molecule has 0 fully saturated rings. The van der Waals surface area contributed by atoms with E-state index in [0.717, 1.165) is 5.69 Å². The average molecular weight is 266 g/mol. The Morgan fingerprint density at radius 2 is 2.12 bits per heavy atom. The number of carbonyl (C=O) groups excluding carboxylic acids is 1. The Labute approximate surface area is 109 Å². The molecule has 2 aromatic heterocycles. The highest BCUT2D eigenvalue weighted by Gasteiger charge is 2.15. The van der Waals surface area contributed by atoms with Crippen molar-refractivity contribution in [3.05, 3.63) is 50.9 Å². The molecular weight excluding hydrogens is 254 g/mol. The topological polar surface area (TPSA) is 30.0 Å². The Balaban J connectivity index is 2.37.